The van der Waals surface area contributed by atoms with Crippen LogP contribution in [0.3, 0.4) is 0 Å². The number of likely N-dealkylation sites (N-methyl/N-ethyl adjacent to an activating group) is 2. The molecule has 0 radical (unpaired) electrons. The second-order valence-electron chi connectivity index (χ2n) is 5.71. The molecule has 19 heavy (non-hydrogen) atoms. The first-order valence-corrected chi connectivity index (χ1v) is 7.55. The molecule has 3 nitrogen and oxygen atoms in total. The van der Waals surface area contributed by atoms with Crippen LogP contribution in [0.25, 0.3) is 0 Å². The van der Waals surface area contributed by atoms with Crippen molar-refractivity contribution in [3.63, 3.8) is 0 Å². The molecular formula is C16H25N3. The molecule has 1 aliphatic carbocycles. The van der Waals surface area contributed by atoms with Gasteiger partial charge in [-0.3, -0.25) is 4.90 Å². The quantitative estimate of drug-likeness (QED) is 0.888. The van der Waals surface area contributed by atoms with E-state index in [1.165, 1.54) is 44.7 Å². The molecule has 1 N–H and O–H groups in total. The van der Waals surface area contributed by atoms with E-state index in [4.69, 9.17) is 0 Å². The molecule has 3 heteroatoms. The summed E-state index contributed by atoms with van der Waals surface area (Å²) in [6.45, 7) is 8.27. The second kappa shape index (κ2) is 5.61. The van der Waals surface area contributed by atoms with Gasteiger partial charge in [-0.2, -0.15) is 0 Å². The Kier molecular flexibility index (Phi) is 3.87. The summed E-state index contributed by atoms with van der Waals surface area (Å²) in [5.41, 5.74) is 3.08. The van der Waals surface area contributed by atoms with Crippen LogP contribution in [0.1, 0.15) is 24.1 Å². The summed E-state index contributed by atoms with van der Waals surface area (Å²) in [6.07, 6.45) is 1.17. The van der Waals surface area contributed by atoms with Gasteiger partial charge in [0.15, 0.2) is 0 Å². The van der Waals surface area contributed by atoms with Crippen LogP contribution in [0, 0.1) is 0 Å². The third-order valence-corrected chi connectivity index (χ3v) is 4.81. The predicted molar refractivity (Wildman–Crippen MR) is 79.4 cm³/mol. The Labute approximate surface area is 116 Å². The smallest absolute Gasteiger partial charge is 0.0508 e. The lowest BCUT2D eigenvalue weighted by Gasteiger charge is -2.40. The standard InChI is InChI=1S/C16H25N3/c1-3-18-8-10-19(11-9-18)16-14-7-5-4-6-13(14)12-15(16)17-2/h4-7,15-17H,3,8-12H2,1-2H3. The summed E-state index contributed by atoms with van der Waals surface area (Å²) in [5, 5.41) is 3.53. The first-order chi connectivity index (χ1) is 9.33. The van der Waals surface area contributed by atoms with E-state index in [2.05, 4.69) is 53.4 Å². The number of nitrogens with one attached hydrogen (secondary N) is 1. The monoisotopic (exact) mass is 259 g/mol. The van der Waals surface area contributed by atoms with E-state index in [1.54, 1.807) is 5.56 Å². The van der Waals surface area contributed by atoms with Gasteiger partial charge in [0.1, 0.15) is 0 Å². The van der Waals surface area contributed by atoms with E-state index in [0.717, 1.165) is 0 Å². The normalized spacial score (nSPS) is 28.5. The highest BCUT2D eigenvalue weighted by molar-refractivity contribution is 5.37. The molecule has 2 aliphatic rings. The van der Waals surface area contributed by atoms with Crippen LogP contribution in [0.15, 0.2) is 24.3 Å². The minimum Gasteiger partial charge on any atom is -0.315 e. The molecule has 1 saturated heterocycles. The molecule has 0 spiro atoms. The van der Waals surface area contributed by atoms with Crippen LogP contribution in [-0.4, -0.2) is 55.6 Å². The zero-order valence-corrected chi connectivity index (χ0v) is 12.1. The molecule has 0 bridgehead atoms. The second-order valence-corrected chi connectivity index (χ2v) is 5.71. The number of fused-ring (bicyclic) bond motifs is 1. The highest BCUT2D eigenvalue weighted by Gasteiger charge is 2.36. The van der Waals surface area contributed by atoms with Gasteiger partial charge in [0.2, 0.25) is 0 Å². The summed E-state index contributed by atoms with van der Waals surface area (Å²) >= 11 is 0. The average molecular weight is 259 g/mol. The van der Waals surface area contributed by atoms with Crippen molar-refractivity contribution < 1.29 is 0 Å². The van der Waals surface area contributed by atoms with Gasteiger partial charge >= 0.3 is 0 Å². The maximum Gasteiger partial charge on any atom is 0.0508 e. The topological polar surface area (TPSA) is 18.5 Å². The highest BCUT2D eigenvalue weighted by Crippen LogP contribution is 2.36. The van der Waals surface area contributed by atoms with Crippen molar-refractivity contribution in [2.24, 2.45) is 0 Å². The van der Waals surface area contributed by atoms with Crippen molar-refractivity contribution in [3.05, 3.63) is 35.4 Å². The van der Waals surface area contributed by atoms with Gasteiger partial charge in [-0.25, -0.2) is 0 Å². The molecule has 3 rings (SSSR count). The number of rotatable bonds is 3. The molecule has 1 aromatic carbocycles. The Hall–Kier alpha value is -0.900. The first-order valence-electron chi connectivity index (χ1n) is 7.55. The molecule has 0 saturated carbocycles. The van der Waals surface area contributed by atoms with E-state index in [0.29, 0.717) is 12.1 Å². The van der Waals surface area contributed by atoms with E-state index in [-0.39, 0.29) is 0 Å². The van der Waals surface area contributed by atoms with E-state index < -0.39 is 0 Å². The van der Waals surface area contributed by atoms with Crippen LogP contribution in [0.4, 0.5) is 0 Å². The fraction of sp³-hybridized carbons (Fsp3) is 0.625. The van der Waals surface area contributed by atoms with E-state index in [9.17, 15) is 0 Å². The maximum absolute atomic E-state index is 3.53. The summed E-state index contributed by atoms with van der Waals surface area (Å²) in [6, 6.07) is 10.1. The lowest BCUT2D eigenvalue weighted by molar-refractivity contribution is 0.0874. The van der Waals surface area contributed by atoms with Gasteiger partial charge in [0.05, 0.1) is 6.04 Å². The van der Waals surface area contributed by atoms with Crippen molar-refractivity contribution in [2.45, 2.75) is 25.4 Å². The number of hydrogen-bond donors (Lipinski definition) is 1. The molecular weight excluding hydrogens is 234 g/mol. The summed E-state index contributed by atoms with van der Waals surface area (Å²) in [7, 11) is 2.10. The van der Waals surface area contributed by atoms with Crippen molar-refractivity contribution >= 4 is 0 Å². The Morgan fingerprint density at radius 1 is 1.16 bits per heavy atom. The van der Waals surface area contributed by atoms with Crippen LogP contribution >= 0.6 is 0 Å². The number of benzene rings is 1. The zero-order valence-electron chi connectivity index (χ0n) is 12.1. The predicted octanol–water partition coefficient (Wildman–Crippen LogP) is 1.51. The van der Waals surface area contributed by atoms with Crippen molar-refractivity contribution in [1.82, 2.24) is 15.1 Å². The van der Waals surface area contributed by atoms with Crippen LogP contribution in [0.5, 0.6) is 0 Å². The molecule has 2 unspecified atom stereocenters. The van der Waals surface area contributed by atoms with Crippen LogP contribution in [-0.2, 0) is 6.42 Å². The Bertz CT molecular complexity index is 424. The Morgan fingerprint density at radius 3 is 2.58 bits per heavy atom. The third-order valence-electron chi connectivity index (χ3n) is 4.81. The lowest BCUT2D eigenvalue weighted by atomic mass is 10.0. The van der Waals surface area contributed by atoms with Crippen molar-refractivity contribution in [3.8, 4) is 0 Å². The van der Waals surface area contributed by atoms with Crippen molar-refractivity contribution in [1.29, 1.82) is 0 Å². The number of hydrogen-bond acceptors (Lipinski definition) is 3. The minimum absolute atomic E-state index is 0.570. The molecule has 0 aromatic heterocycles. The van der Waals surface area contributed by atoms with Gasteiger partial charge in [-0.15, -0.1) is 0 Å². The summed E-state index contributed by atoms with van der Waals surface area (Å²) in [4.78, 5) is 5.23. The molecule has 1 aliphatic heterocycles. The average Bonchev–Trinajstić information content (AvgIpc) is 2.86. The van der Waals surface area contributed by atoms with Gasteiger partial charge < -0.3 is 10.2 Å². The largest absolute Gasteiger partial charge is 0.315 e. The van der Waals surface area contributed by atoms with Crippen molar-refractivity contribution in [2.75, 3.05) is 39.8 Å². The van der Waals surface area contributed by atoms with Crippen LogP contribution in [0.2, 0.25) is 0 Å². The van der Waals surface area contributed by atoms with Gasteiger partial charge in [-0.05, 0) is 31.1 Å². The molecule has 0 amide bonds. The van der Waals surface area contributed by atoms with E-state index >= 15 is 0 Å². The van der Waals surface area contributed by atoms with Gasteiger partial charge in [-0.1, -0.05) is 31.2 Å². The molecule has 104 valence electrons. The Balaban J connectivity index is 1.79. The lowest BCUT2D eigenvalue weighted by Crippen LogP contribution is -2.50. The maximum atomic E-state index is 3.53. The Morgan fingerprint density at radius 2 is 1.89 bits per heavy atom. The zero-order chi connectivity index (χ0) is 13.2. The highest BCUT2D eigenvalue weighted by atomic mass is 15.3. The summed E-state index contributed by atoms with van der Waals surface area (Å²) in [5.74, 6) is 0. The van der Waals surface area contributed by atoms with Gasteiger partial charge in [0, 0.05) is 32.2 Å². The number of nitrogens with zero attached hydrogens (tertiary/aromatic N) is 2. The van der Waals surface area contributed by atoms with Crippen LogP contribution < -0.4 is 5.32 Å². The minimum atomic E-state index is 0.570. The molecule has 1 heterocycles. The SMILES string of the molecule is CCN1CCN(C2c3ccccc3CC2NC)CC1. The van der Waals surface area contributed by atoms with E-state index in [1.807, 2.05) is 0 Å². The van der Waals surface area contributed by atoms with Gasteiger partial charge in [0.25, 0.3) is 0 Å². The first kappa shape index (κ1) is 13.1. The summed E-state index contributed by atoms with van der Waals surface area (Å²) < 4.78 is 0. The third kappa shape index (κ3) is 2.42. The molecule has 1 aromatic rings. The number of piperazine rings is 1. The molecule has 1 fully saturated rings. The molecule has 2 atom stereocenters. The fourth-order valence-electron chi connectivity index (χ4n) is 3.64. The fourth-order valence-corrected chi connectivity index (χ4v) is 3.64.